The molecule has 132 valence electrons. The lowest BCUT2D eigenvalue weighted by molar-refractivity contribution is -0.125. The van der Waals surface area contributed by atoms with Crippen LogP contribution in [0.2, 0.25) is 0 Å². The number of hydrogen-bond acceptors (Lipinski definition) is 3. The maximum Gasteiger partial charge on any atom is 0.226 e. The standard InChI is InChI=1S/C20H24FN3O/c1-3-14-4-6-16(7-5-14)19-18(12-22-24-19)20(25)23-13(2)15-8-10-17(21)11-9-15/h4-11,13,18-19,22,24H,3,12H2,1-2H3,(H,23,25). The van der Waals surface area contributed by atoms with Gasteiger partial charge in [0.05, 0.1) is 18.0 Å². The average Bonchev–Trinajstić information content (AvgIpc) is 3.12. The minimum Gasteiger partial charge on any atom is -0.349 e. The fraction of sp³-hybridized carbons (Fsp3) is 0.350. The summed E-state index contributed by atoms with van der Waals surface area (Å²) in [4.78, 5) is 12.7. The van der Waals surface area contributed by atoms with Crippen molar-refractivity contribution in [3.05, 3.63) is 71.0 Å². The number of aryl methyl sites for hydroxylation is 1. The van der Waals surface area contributed by atoms with Gasteiger partial charge >= 0.3 is 0 Å². The van der Waals surface area contributed by atoms with E-state index in [1.165, 1.54) is 17.7 Å². The van der Waals surface area contributed by atoms with Gasteiger partial charge in [0.1, 0.15) is 5.82 Å². The summed E-state index contributed by atoms with van der Waals surface area (Å²) in [7, 11) is 0. The number of hydrogen-bond donors (Lipinski definition) is 3. The van der Waals surface area contributed by atoms with Crippen molar-refractivity contribution in [2.75, 3.05) is 6.54 Å². The molecule has 3 N–H and O–H groups in total. The second-order valence-electron chi connectivity index (χ2n) is 6.49. The van der Waals surface area contributed by atoms with Crippen molar-refractivity contribution in [1.29, 1.82) is 0 Å². The fourth-order valence-corrected chi connectivity index (χ4v) is 3.17. The van der Waals surface area contributed by atoms with Crippen LogP contribution < -0.4 is 16.2 Å². The van der Waals surface area contributed by atoms with Crippen LogP contribution in [0.15, 0.2) is 48.5 Å². The number of rotatable bonds is 5. The van der Waals surface area contributed by atoms with Crippen LogP contribution in [0.3, 0.4) is 0 Å². The van der Waals surface area contributed by atoms with Gasteiger partial charge in [-0.05, 0) is 42.2 Å². The molecule has 3 rings (SSSR count). The van der Waals surface area contributed by atoms with Gasteiger partial charge in [-0.25, -0.2) is 9.82 Å². The summed E-state index contributed by atoms with van der Waals surface area (Å²) in [5.41, 5.74) is 9.55. The Morgan fingerprint density at radius 3 is 2.52 bits per heavy atom. The Morgan fingerprint density at radius 1 is 1.20 bits per heavy atom. The number of carbonyl (C=O) groups excluding carboxylic acids is 1. The molecule has 0 bridgehead atoms. The van der Waals surface area contributed by atoms with Crippen LogP contribution in [0.1, 0.15) is 42.6 Å². The number of carbonyl (C=O) groups is 1. The summed E-state index contributed by atoms with van der Waals surface area (Å²) >= 11 is 0. The van der Waals surface area contributed by atoms with Gasteiger partial charge in [-0.3, -0.25) is 10.2 Å². The summed E-state index contributed by atoms with van der Waals surface area (Å²) in [5, 5.41) is 3.04. The van der Waals surface area contributed by atoms with E-state index in [1.807, 2.05) is 6.92 Å². The highest BCUT2D eigenvalue weighted by molar-refractivity contribution is 5.80. The molecule has 5 heteroatoms. The normalized spacial score (nSPS) is 21.1. The van der Waals surface area contributed by atoms with Crippen LogP contribution in [0, 0.1) is 11.7 Å². The molecule has 2 aromatic rings. The number of amides is 1. The van der Waals surface area contributed by atoms with Gasteiger partial charge in [-0.1, -0.05) is 43.3 Å². The topological polar surface area (TPSA) is 53.2 Å². The molecule has 25 heavy (non-hydrogen) atoms. The molecule has 3 atom stereocenters. The highest BCUT2D eigenvalue weighted by atomic mass is 19.1. The zero-order valence-corrected chi connectivity index (χ0v) is 14.6. The van der Waals surface area contributed by atoms with Gasteiger partial charge in [0.2, 0.25) is 5.91 Å². The van der Waals surface area contributed by atoms with Gasteiger partial charge in [-0.2, -0.15) is 0 Å². The van der Waals surface area contributed by atoms with E-state index in [9.17, 15) is 9.18 Å². The van der Waals surface area contributed by atoms with E-state index in [-0.39, 0.29) is 29.7 Å². The highest BCUT2D eigenvalue weighted by Gasteiger charge is 2.34. The molecule has 1 amide bonds. The monoisotopic (exact) mass is 341 g/mol. The first-order valence-corrected chi connectivity index (χ1v) is 8.71. The summed E-state index contributed by atoms with van der Waals surface area (Å²) in [6, 6.07) is 14.3. The Bertz CT molecular complexity index is 715. The molecule has 0 saturated carbocycles. The Morgan fingerprint density at radius 2 is 1.88 bits per heavy atom. The van der Waals surface area contributed by atoms with Gasteiger partial charge in [0, 0.05) is 6.54 Å². The Kier molecular flexibility index (Phi) is 5.46. The van der Waals surface area contributed by atoms with Crippen molar-refractivity contribution in [3.8, 4) is 0 Å². The van der Waals surface area contributed by atoms with Crippen LogP contribution in [0.4, 0.5) is 4.39 Å². The first kappa shape index (κ1) is 17.6. The van der Waals surface area contributed by atoms with E-state index in [0.29, 0.717) is 6.54 Å². The number of benzene rings is 2. The molecule has 1 aliphatic heterocycles. The minimum absolute atomic E-state index is 0.0149. The quantitative estimate of drug-likeness (QED) is 0.783. The molecule has 0 aromatic heterocycles. The van der Waals surface area contributed by atoms with Gasteiger partial charge < -0.3 is 5.32 Å². The summed E-state index contributed by atoms with van der Waals surface area (Å²) in [6.45, 7) is 4.60. The van der Waals surface area contributed by atoms with Gasteiger partial charge in [0.15, 0.2) is 0 Å². The van der Waals surface area contributed by atoms with Crippen LogP contribution >= 0.6 is 0 Å². The van der Waals surface area contributed by atoms with E-state index in [4.69, 9.17) is 0 Å². The Labute approximate surface area is 147 Å². The molecule has 3 unspecified atom stereocenters. The predicted octanol–water partition coefficient (Wildman–Crippen LogP) is 3.03. The number of hydrazine groups is 1. The van der Waals surface area contributed by atoms with Crippen molar-refractivity contribution >= 4 is 5.91 Å². The van der Waals surface area contributed by atoms with Crippen molar-refractivity contribution in [2.24, 2.45) is 5.92 Å². The van der Waals surface area contributed by atoms with Crippen molar-refractivity contribution in [2.45, 2.75) is 32.4 Å². The fourth-order valence-electron chi connectivity index (χ4n) is 3.17. The van der Waals surface area contributed by atoms with E-state index >= 15 is 0 Å². The molecule has 0 radical (unpaired) electrons. The molecule has 1 saturated heterocycles. The van der Waals surface area contributed by atoms with E-state index in [0.717, 1.165) is 17.5 Å². The zero-order chi connectivity index (χ0) is 17.8. The molecule has 1 aliphatic rings. The lowest BCUT2D eigenvalue weighted by Crippen LogP contribution is -2.36. The SMILES string of the molecule is CCc1ccc(C2NNCC2C(=O)NC(C)c2ccc(F)cc2)cc1. The van der Waals surface area contributed by atoms with Gasteiger partial charge in [0.25, 0.3) is 0 Å². The maximum atomic E-state index is 13.0. The van der Waals surface area contributed by atoms with Crippen LogP contribution in [0.25, 0.3) is 0 Å². The lowest BCUT2D eigenvalue weighted by atomic mass is 9.93. The predicted molar refractivity (Wildman–Crippen MR) is 96.1 cm³/mol. The number of halogens is 1. The van der Waals surface area contributed by atoms with Crippen molar-refractivity contribution in [3.63, 3.8) is 0 Å². The minimum atomic E-state index is -0.276. The largest absolute Gasteiger partial charge is 0.349 e. The molecule has 0 aliphatic carbocycles. The number of nitrogens with one attached hydrogen (secondary N) is 3. The van der Waals surface area contributed by atoms with Gasteiger partial charge in [-0.15, -0.1) is 0 Å². The van der Waals surface area contributed by atoms with Crippen molar-refractivity contribution < 1.29 is 9.18 Å². The Hall–Kier alpha value is -2.24. The molecular formula is C20H24FN3O. The molecule has 1 heterocycles. The molecular weight excluding hydrogens is 317 g/mol. The summed E-state index contributed by atoms with van der Waals surface area (Å²) in [5.74, 6) is -0.490. The first-order chi connectivity index (χ1) is 12.1. The Balaban J connectivity index is 1.68. The van der Waals surface area contributed by atoms with E-state index < -0.39 is 0 Å². The molecule has 1 fully saturated rings. The van der Waals surface area contributed by atoms with Crippen LogP contribution in [-0.4, -0.2) is 12.5 Å². The van der Waals surface area contributed by atoms with Crippen LogP contribution in [-0.2, 0) is 11.2 Å². The third-order valence-corrected chi connectivity index (χ3v) is 4.79. The highest BCUT2D eigenvalue weighted by Crippen LogP contribution is 2.26. The molecule has 2 aromatic carbocycles. The second kappa shape index (κ2) is 7.76. The van der Waals surface area contributed by atoms with Crippen LogP contribution in [0.5, 0.6) is 0 Å². The average molecular weight is 341 g/mol. The van der Waals surface area contributed by atoms with Crippen molar-refractivity contribution in [1.82, 2.24) is 16.2 Å². The van der Waals surface area contributed by atoms with E-state index in [1.54, 1.807) is 12.1 Å². The first-order valence-electron chi connectivity index (χ1n) is 8.71. The zero-order valence-electron chi connectivity index (χ0n) is 14.6. The smallest absolute Gasteiger partial charge is 0.226 e. The maximum absolute atomic E-state index is 13.0. The third-order valence-electron chi connectivity index (χ3n) is 4.79. The lowest BCUT2D eigenvalue weighted by Gasteiger charge is -2.21. The molecule has 4 nitrogen and oxygen atoms in total. The third kappa shape index (κ3) is 4.06. The summed E-state index contributed by atoms with van der Waals surface area (Å²) in [6.07, 6.45) is 0.996. The van der Waals surface area contributed by atoms with E-state index in [2.05, 4.69) is 47.4 Å². The second-order valence-corrected chi connectivity index (χ2v) is 6.49. The summed E-state index contributed by atoms with van der Waals surface area (Å²) < 4.78 is 13.0. The molecule has 0 spiro atoms.